The van der Waals surface area contributed by atoms with Gasteiger partial charge in [0.1, 0.15) is 0 Å². The number of Topliss-reactive ketones (excluding diaryl/α,β-unsaturated/α-hetero) is 1. The third-order valence-electron chi connectivity index (χ3n) is 3.89. The maximum absolute atomic E-state index is 12.2. The fraction of sp³-hybridized carbons (Fsp3) is 0.562. The molecule has 1 aromatic carbocycles. The Bertz CT molecular complexity index is 392. The van der Waals surface area contributed by atoms with Crippen molar-refractivity contribution in [2.75, 3.05) is 19.6 Å². The van der Waals surface area contributed by atoms with Gasteiger partial charge in [0.2, 0.25) is 0 Å². The van der Waals surface area contributed by atoms with Gasteiger partial charge in [-0.1, -0.05) is 30.3 Å². The summed E-state index contributed by atoms with van der Waals surface area (Å²) in [6, 6.07) is 9.70. The Morgan fingerprint density at radius 2 is 1.56 bits per heavy atom. The summed E-state index contributed by atoms with van der Waals surface area (Å²) in [7, 11) is 0. The first kappa shape index (κ1) is 11.9. The van der Waals surface area contributed by atoms with E-state index in [0.29, 0.717) is 6.54 Å². The van der Waals surface area contributed by atoms with Crippen LogP contribution in [0.2, 0.25) is 0 Å². The molecule has 3 rings (SSSR count). The van der Waals surface area contributed by atoms with Crippen LogP contribution in [-0.2, 0) is 0 Å². The van der Waals surface area contributed by atoms with Crippen LogP contribution in [0.1, 0.15) is 36.0 Å². The lowest BCUT2D eigenvalue weighted by Crippen LogP contribution is -2.33. The van der Waals surface area contributed by atoms with E-state index in [4.69, 9.17) is 0 Å². The Labute approximate surface area is 109 Å². The summed E-state index contributed by atoms with van der Waals surface area (Å²) in [5, 5.41) is 0. The summed E-state index contributed by atoms with van der Waals surface area (Å²) in [4.78, 5) is 14.6. The molecule has 18 heavy (non-hydrogen) atoms. The van der Waals surface area contributed by atoms with Gasteiger partial charge in [-0.25, -0.2) is 0 Å². The molecule has 2 aliphatic carbocycles. The zero-order chi connectivity index (χ0) is 12.4. The zero-order valence-corrected chi connectivity index (χ0v) is 10.8. The summed E-state index contributed by atoms with van der Waals surface area (Å²) < 4.78 is 0. The smallest absolute Gasteiger partial charge is 0.176 e. The molecule has 0 heterocycles. The van der Waals surface area contributed by atoms with Crippen molar-refractivity contribution in [3.05, 3.63) is 35.9 Å². The highest BCUT2D eigenvalue weighted by atomic mass is 16.1. The van der Waals surface area contributed by atoms with E-state index in [1.807, 2.05) is 30.3 Å². The molecule has 0 aromatic heterocycles. The Hall–Kier alpha value is -1.15. The van der Waals surface area contributed by atoms with Gasteiger partial charge in [0, 0.05) is 18.7 Å². The maximum Gasteiger partial charge on any atom is 0.176 e. The molecule has 0 atom stereocenters. The van der Waals surface area contributed by atoms with Crippen molar-refractivity contribution in [3.63, 3.8) is 0 Å². The number of carbonyl (C=O) groups is 1. The molecule has 0 bridgehead atoms. The van der Waals surface area contributed by atoms with Crippen molar-refractivity contribution < 1.29 is 4.79 Å². The lowest BCUT2D eigenvalue weighted by atomic mass is 10.1. The molecule has 0 N–H and O–H groups in total. The Kier molecular flexibility index (Phi) is 3.46. The second-order valence-corrected chi connectivity index (χ2v) is 5.87. The predicted octanol–water partition coefficient (Wildman–Crippen LogP) is 2.99. The summed E-state index contributed by atoms with van der Waals surface area (Å²) >= 11 is 0. The zero-order valence-electron chi connectivity index (χ0n) is 10.8. The van der Waals surface area contributed by atoms with Crippen LogP contribution in [0.3, 0.4) is 0 Å². The van der Waals surface area contributed by atoms with Gasteiger partial charge in [0.05, 0.1) is 6.54 Å². The van der Waals surface area contributed by atoms with E-state index in [-0.39, 0.29) is 5.78 Å². The van der Waals surface area contributed by atoms with Gasteiger partial charge in [-0.15, -0.1) is 0 Å². The van der Waals surface area contributed by atoms with Crippen LogP contribution in [-0.4, -0.2) is 30.3 Å². The molecule has 0 saturated heterocycles. The number of hydrogen-bond donors (Lipinski definition) is 0. The molecule has 0 amide bonds. The van der Waals surface area contributed by atoms with Crippen molar-refractivity contribution >= 4 is 5.78 Å². The number of hydrogen-bond acceptors (Lipinski definition) is 2. The van der Waals surface area contributed by atoms with E-state index in [9.17, 15) is 4.79 Å². The SMILES string of the molecule is O=C(CN(CC1CC1)CC1CC1)c1ccccc1. The quantitative estimate of drug-likeness (QED) is 0.686. The Morgan fingerprint density at radius 3 is 2.06 bits per heavy atom. The molecule has 0 radical (unpaired) electrons. The predicted molar refractivity (Wildman–Crippen MR) is 72.7 cm³/mol. The van der Waals surface area contributed by atoms with Crippen LogP contribution in [0.15, 0.2) is 30.3 Å². The minimum atomic E-state index is 0.275. The molecule has 1 aromatic rings. The van der Waals surface area contributed by atoms with E-state index in [1.54, 1.807) is 0 Å². The van der Waals surface area contributed by atoms with Gasteiger partial charge >= 0.3 is 0 Å². The van der Waals surface area contributed by atoms with E-state index >= 15 is 0 Å². The maximum atomic E-state index is 12.2. The molecule has 0 unspecified atom stereocenters. The number of rotatable bonds is 7. The van der Waals surface area contributed by atoms with Gasteiger partial charge in [-0.3, -0.25) is 9.69 Å². The standard InChI is InChI=1S/C16H21NO/c18-16(15-4-2-1-3-5-15)12-17(10-13-6-7-13)11-14-8-9-14/h1-5,13-14H,6-12H2. The van der Waals surface area contributed by atoms with Crippen LogP contribution in [0, 0.1) is 11.8 Å². The molecule has 2 fully saturated rings. The normalized spacial score (nSPS) is 19.2. The number of carbonyl (C=O) groups excluding carboxylic acids is 1. The van der Waals surface area contributed by atoms with Crippen LogP contribution < -0.4 is 0 Å². The largest absolute Gasteiger partial charge is 0.295 e. The first-order valence-corrected chi connectivity index (χ1v) is 7.12. The van der Waals surface area contributed by atoms with E-state index in [0.717, 1.165) is 30.5 Å². The summed E-state index contributed by atoms with van der Waals surface area (Å²) in [6.07, 6.45) is 5.45. The van der Waals surface area contributed by atoms with Gasteiger partial charge in [0.25, 0.3) is 0 Å². The summed E-state index contributed by atoms with van der Waals surface area (Å²) in [5.74, 6) is 2.01. The first-order chi connectivity index (χ1) is 8.81. The summed E-state index contributed by atoms with van der Waals surface area (Å²) in [6.45, 7) is 2.88. The van der Waals surface area contributed by atoms with E-state index in [2.05, 4.69) is 4.90 Å². The van der Waals surface area contributed by atoms with Crippen LogP contribution in [0.4, 0.5) is 0 Å². The number of nitrogens with zero attached hydrogens (tertiary/aromatic N) is 1. The topological polar surface area (TPSA) is 20.3 Å². The van der Waals surface area contributed by atoms with Crippen molar-refractivity contribution in [1.82, 2.24) is 4.90 Å². The minimum Gasteiger partial charge on any atom is -0.295 e. The highest BCUT2D eigenvalue weighted by Gasteiger charge is 2.30. The number of benzene rings is 1. The number of ketones is 1. The Balaban J connectivity index is 1.58. The highest BCUT2D eigenvalue weighted by molar-refractivity contribution is 5.97. The average Bonchev–Trinajstić information content (AvgIpc) is 3.26. The minimum absolute atomic E-state index is 0.275. The molecular formula is C16H21NO. The first-order valence-electron chi connectivity index (χ1n) is 7.12. The van der Waals surface area contributed by atoms with Crippen molar-refractivity contribution in [2.45, 2.75) is 25.7 Å². The molecule has 96 valence electrons. The van der Waals surface area contributed by atoms with Gasteiger partial charge in [-0.2, -0.15) is 0 Å². The third kappa shape index (κ3) is 3.42. The Morgan fingerprint density at radius 1 is 1.00 bits per heavy atom. The van der Waals surface area contributed by atoms with Crippen LogP contribution >= 0.6 is 0 Å². The fourth-order valence-corrected chi connectivity index (χ4v) is 2.45. The molecule has 2 aliphatic rings. The van der Waals surface area contributed by atoms with Gasteiger partial charge in [0.15, 0.2) is 5.78 Å². The molecule has 2 heteroatoms. The second kappa shape index (κ2) is 5.23. The summed E-state index contributed by atoms with van der Waals surface area (Å²) in [5.41, 5.74) is 0.856. The van der Waals surface area contributed by atoms with Crippen LogP contribution in [0.25, 0.3) is 0 Å². The second-order valence-electron chi connectivity index (χ2n) is 5.87. The molecule has 2 nitrogen and oxygen atoms in total. The van der Waals surface area contributed by atoms with Gasteiger partial charge < -0.3 is 0 Å². The molecule has 0 spiro atoms. The fourth-order valence-electron chi connectivity index (χ4n) is 2.45. The van der Waals surface area contributed by atoms with Crippen molar-refractivity contribution in [1.29, 1.82) is 0 Å². The third-order valence-corrected chi connectivity index (χ3v) is 3.89. The molecular weight excluding hydrogens is 222 g/mol. The van der Waals surface area contributed by atoms with Crippen molar-refractivity contribution in [2.24, 2.45) is 11.8 Å². The monoisotopic (exact) mass is 243 g/mol. The lowest BCUT2D eigenvalue weighted by molar-refractivity contribution is 0.0924. The average molecular weight is 243 g/mol. The van der Waals surface area contributed by atoms with E-state index < -0.39 is 0 Å². The van der Waals surface area contributed by atoms with Gasteiger partial charge in [-0.05, 0) is 37.5 Å². The molecule has 2 saturated carbocycles. The van der Waals surface area contributed by atoms with Crippen molar-refractivity contribution in [3.8, 4) is 0 Å². The van der Waals surface area contributed by atoms with E-state index in [1.165, 1.54) is 25.7 Å². The van der Waals surface area contributed by atoms with Crippen LogP contribution in [0.5, 0.6) is 0 Å². The lowest BCUT2D eigenvalue weighted by Gasteiger charge is -2.21. The molecule has 0 aliphatic heterocycles. The highest BCUT2D eigenvalue weighted by Crippen LogP contribution is 2.33.